The van der Waals surface area contributed by atoms with E-state index in [1.165, 1.54) is 12.1 Å². The van der Waals surface area contributed by atoms with E-state index in [9.17, 15) is 8.42 Å². The highest BCUT2D eigenvalue weighted by molar-refractivity contribution is 7.92. The van der Waals surface area contributed by atoms with Crippen LogP contribution in [-0.2, 0) is 10.0 Å². The molecule has 1 aromatic heterocycles. The number of nitrogens with zero attached hydrogens (tertiary/aromatic N) is 1. The summed E-state index contributed by atoms with van der Waals surface area (Å²) in [6, 6.07) is 9.90. The summed E-state index contributed by atoms with van der Waals surface area (Å²) in [6.07, 6.45) is 2.40. The van der Waals surface area contributed by atoms with E-state index in [2.05, 4.69) is 14.9 Å². The maximum atomic E-state index is 12.7. The Morgan fingerprint density at radius 3 is 2.79 bits per heavy atom. The molecular formula is C16H15N3O4S. The van der Waals surface area contributed by atoms with Crippen molar-refractivity contribution in [2.24, 2.45) is 0 Å². The molecule has 0 saturated heterocycles. The fraction of sp³-hybridized carbons (Fsp3) is 0.188. The molecular weight excluding hydrogens is 330 g/mol. The van der Waals surface area contributed by atoms with Crippen LogP contribution < -0.4 is 14.2 Å². The molecule has 0 radical (unpaired) electrons. The molecule has 0 saturated carbocycles. The minimum atomic E-state index is -3.76. The number of ether oxygens (including phenoxy) is 2. The number of fused-ring (bicyclic) bond motifs is 2. The Balaban J connectivity index is 1.70. The number of H-pyrrole nitrogens is 1. The second-order valence-electron chi connectivity index (χ2n) is 5.40. The number of anilines is 1. The van der Waals surface area contributed by atoms with Crippen LogP contribution in [0, 0.1) is 0 Å². The second kappa shape index (κ2) is 5.72. The molecule has 8 heteroatoms. The third-order valence-electron chi connectivity index (χ3n) is 3.75. The van der Waals surface area contributed by atoms with Gasteiger partial charge in [-0.15, -0.1) is 0 Å². The third kappa shape index (κ3) is 2.65. The van der Waals surface area contributed by atoms with Crippen molar-refractivity contribution in [1.82, 2.24) is 10.2 Å². The summed E-state index contributed by atoms with van der Waals surface area (Å²) in [7, 11) is -3.76. The number of benzene rings is 2. The zero-order chi connectivity index (χ0) is 16.6. The molecule has 0 fully saturated rings. The summed E-state index contributed by atoms with van der Waals surface area (Å²) < 4.78 is 39.1. The van der Waals surface area contributed by atoms with E-state index >= 15 is 0 Å². The molecule has 0 aliphatic carbocycles. The Kier molecular flexibility index (Phi) is 3.53. The predicted octanol–water partition coefficient (Wildman–Crippen LogP) is 2.53. The van der Waals surface area contributed by atoms with E-state index in [1.807, 2.05) is 6.07 Å². The third-order valence-corrected chi connectivity index (χ3v) is 5.11. The molecule has 1 aliphatic heterocycles. The molecule has 0 spiro atoms. The van der Waals surface area contributed by atoms with Gasteiger partial charge in [-0.05, 0) is 18.2 Å². The van der Waals surface area contributed by atoms with Crippen molar-refractivity contribution in [3.05, 3.63) is 42.6 Å². The Hall–Kier alpha value is -2.74. The molecule has 0 unspecified atom stereocenters. The Morgan fingerprint density at radius 2 is 1.92 bits per heavy atom. The van der Waals surface area contributed by atoms with Gasteiger partial charge in [-0.3, -0.25) is 9.82 Å². The van der Waals surface area contributed by atoms with E-state index < -0.39 is 10.0 Å². The largest absolute Gasteiger partial charge is 0.490 e. The Labute approximate surface area is 138 Å². The molecule has 124 valence electrons. The first-order valence-electron chi connectivity index (χ1n) is 7.48. The highest BCUT2D eigenvalue weighted by Gasteiger charge is 2.20. The van der Waals surface area contributed by atoms with Crippen LogP contribution in [0.4, 0.5) is 5.69 Å². The van der Waals surface area contributed by atoms with Crippen LogP contribution in [0.25, 0.3) is 10.9 Å². The average molecular weight is 345 g/mol. The van der Waals surface area contributed by atoms with Gasteiger partial charge in [0.05, 0.1) is 35.5 Å². The summed E-state index contributed by atoms with van der Waals surface area (Å²) >= 11 is 0. The van der Waals surface area contributed by atoms with Crippen molar-refractivity contribution >= 4 is 26.6 Å². The van der Waals surface area contributed by atoms with Crippen LogP contribution in [0.5, 0.6) is 11.5 Å². The van der Waals surface area contributed by atoms with Gasteiger partial charge in [0.25, 0.3) is 10.0 Å². The summed E-state index contributed by atoms with van der Waals surface area (Å²) in [5.41, 5.74) is 1.08. The van der Waals surface area contributed by atoms with Crippen molar-refractivity contribution in [2.45, 2.75) is 11.3 Å². The standard InChI is InChI=1S/C16H15N3O4S/c20-24(21,19-13-4-1-3-11-10-17-18-16(11)13)12-5-6-14-15(9-12)23-8-2-7-22-14/h1,3-6,9-10,19H,2,7-8H2,(H,17,18). The molecule has 2 aromatic carbocycles. The quantitative estimate of drug-likeness (QED) is 0.761. The predicted molar refractivity (Wildman–Crippen MR) is 89.0 cm³/mol. The molecule has 2 heterocycles. The molecule has 3 aromatic rings. The van der Waals surface area contributed by atoms with Crippen molar-refractivity contribution in [3.63, 3.8) is 0 Å². The lowest BCUT2D eigenvalue weighted by molar-refractivity contribution is 0.297. The minimum Gasteiger partial charge on any atom is -0.490 e. The van der Waals surface area contributed by atoms with Crippen molar-refractivity contribution in [3.8, 4) is 11.5 Å². The highest BCUT2D eigenvalue weighted by atomic mass is 32.2. The maximum Gasteiger partial charge on any atom is 0.262 e. The van der Waals surface area contributed by atoms with E-state index in [-0.39, 0.29) is 4.90 Å². The Morgan fingerprint density at radius 1 is 1.08 bits per heavy atom. The molecule has 7 nitrogen and oxygen atoms in total. The molecule has 0 bridgehead atoms. The molecule has 24 heavy (non-hydrogen) atoms. The second-order valence-corrected chi connectivity index (χ2v) is 7.09. The highest BCUT2D eigenvalue weighted by Crippen LogP contribution is 2.33. The van der Waals surface area contributed by atoms with Gasteiger partial charge in [-0.1, -0.05) is 12.1 Å². The summed E-state index contributed by atoms with van der Waals surface area (Å²) in [5.74, 6) is 0.997. The zero-order valence-electron chi connectivity index (χ0n) is 12.7. The van der Waals surface area contributed by atoms with Gasteiger partial charge in [0.2, 0.25) is 0 Å². The zero-order valence-corrected chi connectivity index (χ0v) is 13.5. The van der Waals surface area contributed by atoms with Gasteiger partial charge in [-0.25, -0.2) is 8.42 Å². The van der Waals surface area contributed by atoms with Gasteiger partial charge < -0.3 is 9.47 Å². The number of rotatable bonds is 3. The maximum absolute atomic E-state index is 12.7. The van der Waals surface area contributed by atoms with E-state index in [1.54, 1.807) is 24.4 Å². The number of aromatic nitrogens is 2. The van der Waals surface area contributed by atoms with E-state index in [4.69, 9.17) is 9.47 Å². The number of aromatic amines is 1. The minimum absolute atomic E-state index is 0.114. The van der Waals surface area contributed by atoms with E-state index in [0.717, 1.165) is 11.8 Å². The first-order valence-corrected chi connectivity index (χ1v) is 8.96. The van der Waals surface area contributed by atoms with Crippen molar-refractivity contribution in [2.75, 3.05) is 17.9 Å². The smallest absolute Gasteiger partial charge is 0.262 e. The molecule has 0 amide bonds. The molecule has 4 rings (SSSR count). The van der Waals surface area contributed by atoms with Crippen molar-refractivity contribution in [1.29, 1.82) is 0 Å². The van der Waals surface area contributed by atoms with Gasteiger partial charge in [0.15, 0.2) is 11.5 Å². The van der Waals surface area contributed by atoms with Gasteiger partial charge in [0, 0.05) is 17.9 Å². The van der Waals surface area contributed by atoms with Crippen LogP contribution in [0.15, 0.2) is 47.5 Å². The number of para-hydroxylation sites is 1. The molecule has 0 atom stereocenters. The van der Waals surface area contributed by atoms with Gasteiger partial charge >= 0.3 is 0 Å². The van der Waals surface area contributed by atoms with Crippen LogP contribution in [0.1, 0.15) is 6.42 Å². The van der Waals surface area contributed by atoms with E-state index in [0.29, 0.717) is 35.9 Å². The number of nitrogens with one attached hydrogen (secondary N) is 2. The van der Waals surface area contributed by atoms with Crippen LogP contribution in [0.2, 0.25) is 0 Å². The van der Waals surface area contributed by atoms with Crippen LogP contribution in [0.3, 0.4) is 0 Å². The van der Waals surface area contributed by atoms with Gasteiger partial charge in [-0.2, -0.15) is 5.10 Å². The summed E-state index contributed by atoms with van der Waals surface area (Å²) in [6.45, 7) is 1.05. The topological polar surface area (TPSA) is 93.3 Å². The first-order chi connectivity index (χ1) is 11.6. The summed E-state index contributed by atoms with van der Waals surface area (Å²) in [5, 5.41) is 7.56. The Bertz CT molecular complexity index is 997. The van der Waals surface area contributed by atoms with Crippen molar-refractivity contribution < 1.29 is 17.9 Å². The lowest BCUT2D eigenvalue weighted by Gasteiger charge is -2.12. The average Bonchev–Trinajstić information content (AvgIpc) is 2.93. The molecule has 2 N–H and O–H groups in total. The SMILES string of the molecule is O=S(=O)(Nc1cccc2cn[nH]c12)c1ccc2c(c1)OCCCO2. The fourth-order valence-corrected chi connectivity index (χ4v) is 3.66. The van der Waals surface area contributed by atoms with Crippen LogP contribution >= 0.6 is 0 Å². The number of hydrogen-bond acceptors (Lipinski definition) is 5. The number of hydrogen-bond donors (Lipinski definition) is 2. The lowest BCUT2D eigenvalue weighted by atomic mass is 10.2. The summed E-state index contributed by atoms with van der Waals surface area (Å²) in [4.78, 5) is 0.114. The fourth-order valence-electron chi connectivity index (χ4n) is 2.57. The number of sulfonamides is 1. The first kappa shape index (κ1) is 14.8. The normalized spacial score (nSPS) is 14.3. The molecule has 1 aliphatic rings. The monoisotopic (exact) mass is 345 g/mol. The lowest BCUT2D eigenvalue weighted by Crippen LogP contribution is -2.13. The van der Waals surface area contributed by atoms with Gasteiger partial charge in [0.1, 0.15) is 0 Å². The van der Waals surface area contributed by atoms with Crippen LogP contribution in [-0.4, -0.2) is 31.8 Å².